The van der Waals surface area contributed by atoms with Gasteiger partial charge in [0.05, 0.1) is 11.0 Å². The first-order chi connectivity index (χ1) is 7.70. The Morgan fingerprint density at radius 2 is 2.25 bits per heavy atom. The molecule has 0 amide bonds. The van der Waals surface area contributed by atoms with Crippen LogP contribution in [0.5, 0.6) is 0 Å². The van der Waals surface area contributed by atoms with Crippen LogP contribution >= 0.6 is 11.3 Å². The lowest BCUT2D eigenvalue weighted by atomic mass is 9.92. The molecule has 1 N–H and O–H groups in total. The molecule has 1 unspecified atom stereocenters. The summed E-state index contributed by atoms with van der Waals surface area (Å²) < 4.78 is 0. The van der Waals surface area contributed by atoms with Gasteiger partial charge in [0, 0.05) is 24.2 Å². The van der Waals surface area contributed by atoms with E-state index in [1.54, 1.807) is 0 Å². The van der Waals surface area contributed by atoms with Gasteiger partial charge in [0.15, 0.2) is 6.29 Å². The first kappa shape index (κ1) is 11.6. The van der Waals surface area contributed by atoms with Gasteiger partial charge in [-0.15, -0.1) is 11.3 Å². The molecule has 0 bridgehead atoms. The zero-order valence-corrected chi connectivity index (χ0v) is 10.2. The number of aliphatic hydroxyl groups is 1. The summed E-state index contributed by atoms with van der Waals surface area (Å²) in [4.78, 5) is 13.7. The van der Waals surface area contributed by atoms with E-state index >= 15 is 0 Å². The SMILES string of the molecule is CC(O)C1CCN(c2csc(C=O)c2)CC1. The van der Waals surface area contributed by atoms with Gasteiger partial charge in [0.25, 0.3) is 0 Å². The van der Waals surface area contributed by atoms with E-state index in [1.807, 2.05) is 18.4 Å². The van der Waals surface area contributed by atoms with Crippen molar-refractivity contribution >= 4 is 23.3 Å². The molecule has 0 aromatic carbocycles. The van der Waals surface area contributed by atoms with E-state index in [0.717, 1.165) is 42.8 Å². The number of carbonyl (C=O) groups excluding carboxylic acids is 1. The smallest absolute Gasteiger partial charge is 0.160 e. The molecular weight excluding hydrogens is 222 g/mol. The zero-order valence-electron chi connectivity index (χ0n) is 9.43. The van der Waals surface area contributed by atoms with Gasteiger partial charge < -0.3 is 10.0 Å². The van der Waals surface area contributed by atoms with Crippen LogP contribution in [0.1, 0.15) is 29.4 Å². The van der Waals surface area contributed by atoms with Crippen LogP contribution < -0.4 is 4.90 Å². The van der Waals surface area contributed by atoms with Gasteiger partial charge in [-0.05, 0) is 31.7 Å². The number of nitrogens with zero attached hydrogens (tertiary/aromatic N) is 1. The Morgan fingerprint density at radius 3 is 2.75 bits per heavy atom. The van der Waals surface area contributed by atoms with Gasteiger partial charge in [-0.3, -0.25) is 4.79 Å². The van der Waals surface area contributed by atoms with Crippen LogP contribution in [0.2, 0.25) is 0 Å². The number of anilines is 1. The van der Waals surface area contributed by atoms with Crippen LogP contribution in [-0.2, 0) is 0 Å². The van der Waals surface area contributed by atoms with Crippen LogP contribution in [0.3, 0.4) is 0 Å². The van der Waals surface area contributed by atoms with Crippen molar-refractivity contribution in [2.24, 2.45) is 5.92 Å². The fraction of sp³-hybridized carbons (Fsp3) is 0.583. The predicted octanol–water partition coefficient (Wildman–Crippen LogP) is 2.16. The maximum atomic E-state index is 10.6. The summed E-state index contributed by atoms with van der Waals surface area (Å²) in [6.45, 7) is 3.82. The summed E-state index contributed by atoms with van der Waals surface area (Å²) in [6, 6.07) is 1.94. The fourth-order valence-electron chi connectivity index (χ4n) is 2.21. The largest absolute Gasteiger partial charge is 0.393 e. The Bertz CT molecular complexity index is 354. The van der Waals surface area contributed by atoms with Gasteiger partial charge in [-0.2, -0.15) is 0 Å². The molecule has 88 valence electrons. The summed E-state index contributed by atoms with van der Waals surface area (Å²) in [7, 11) is 0. The first-order valence-corrected chi connectivity index (χ1v) is 6.55. The summed E-state index contributed by atoms with van der Waals surface area (Å²) in [6.07, 6.45) is 2.76. The second kappa shape index (κ2) is 4.97. The molecule has 4 heteroatoms. The highest BCUT2D eigenvalue weighted by atomic mass is 32.1. The maximum absolute atomic E-state index is 10.6. The second-order valence-electron chi connectivity index (χ2n) is 4.39. The van der Waals surface area contributed by atoms with E-state index < -0.39 is 0 Å². The molecule has 3 nitrogen and oxygen atoms in total. The van der Waals surface area contributed by atoms with Crippen LogP contribution in [0.4, 0.5) is 5.69 Å². The third-order valence-corrected chi connectivity index (χ3v) is 4.15. The van der Waals surface area contributed by atoms with Crippen molar-refractivity contribution in [2.45, 2.75) is 25.9 Å². The minimum absolute atomic E-state index is 0.199. The lowest BCUT2D eigenvalue weighted by molar-refractivity contribution is 0.110. The van der Waals surface area contributed by atoms with E-state index in [9.17, 15) is 9.90 Å². The zero-order chi connectivity index (χ0) is 11.5. The average Bonchev–Trinajstić information content (AvgIpc) is 2.77. The van der Waals surface area contributed by atoms with E-state index in [0.29, 0.717) is 5.92 Å². The highest BCUT2D eigenvalue weighted by molar-refractivity contribution is 7.12. The molecule has 0 radical (unpaired) electrons. The Hall–Kier alpha value is -0.870. The molecule has 1 fully saturated rings. The molecule has 0 saturated carbocycles. The van der Waals surface area contributed by atoms with Crippen molar-refractivity contribution in [1.82, 2.24) is 0 Å². The van der Waals surface area contributed by atoms with Crippen molar-refractivity contribution < 1.29 is 9.90 Å². The number of hydrogen-bond acceptors (Lipinski definition) is 4. The van der Waals surface area contributed by atoms with Crippen LogP contribution in [0.15, 0.2) is 11.4 Å². The summed E-state index contributed by atoms with van der Waals surface area (Å²) in [5.41, 5.74) is 1.15. The first-order valence-electron chi connectivity index (χ1n) is 5.67. The number of aliphatic hydroxyl groups excluding tert-OH is 1. The van der Waals surface area contributed by atoms with Gasteiger partial charge in [0.2, 0.25) is 0 Å². The van der Waals surface area contributed by atoms with Crippen LogP contribution in [-0.4, -0.2) is 30.6 Å². The van der Waals surface area contributed by atoms with Gasteiger partial charge >= 0.3 is 0 Å². The average molecular weight is 239 g/mol. The Labute approximate surface area is 99.7 Å². The Balaban J connectivity index is 1.96. The molecule has 1 aromatic rings. The monoisotopic (exact) mass is 239 g/mol. The summed E-state index contributed by atoms with van der Waals surface area (Å²) >= 11 is 1.49. The number of thiophene rings is 1. The van der Waals surface area contributed by atoms with Gasteiger partial charge in [-0.25, -0.2) is 0 Å². The number of aldehydes is 1. The predicted molar refractivity (Wildman–Crippen MR) is 66.3 cm³/mol. The highest BCUT2D eigenvalue weighted by Crippen LogP contribution is 2.28. The van der Waals surface area contributed by atoms with Gasteiger partial charge in [0.1, 0.15) is 0 Å². The van der Waals surface area contributed by atoms with Crippen molar-refractivity contribution in [3.8, 4) is 0 Å². The molecule has 0 aliphatic carbocycles. The molecule has 16 heavy (non-hydrogen) atoms. The molecule has 1 atom stereocenters. The molecule has 1 aliphatic heterocycles. The van der Waals surface area contributed by atoms with Crippen molar-refractivity contribution in [3.05, 3.63) is 16.3 Å². The third-order valence-electron chi connectivity index (χ3n) is 3.31. The van der Waals surface area contributed by atoms with E-state index in [1.165, 1.54) is 11.3 Å². The fourth-order valence-corrected chi connectivity index (χ4v) is 2.93. The van der Waals surface area contributed by atoms with Crippen molar-refractivity contribution in [3.63, 3.8) is 0 Å². The number of carbonyl (C=O) groups is 1. The number of hydrogen-bond donors (Lipinski definition) is 1. The lowest BCUT2D eigenvalue weighted by Gasteiger charge is -2.34. The van der Waals surface area contributed by atoms with E-state index in [2.05, 4.69) is 4.90 Å². The highest BCUT2D eigenvalue weighted by Gasteiger charge is 2.23. The van der Waals surface area contributed by atoms with Crippen molar-refractivity contribution in [1.29, 1.82) is 0 Å². The lowest BCUT2D eigenvalue weighted by Crippen LogP contribution is -2.36. The van der Waals surface area contributed by atoms with Crippen molar-refractivity contribution in [2.75, 3.05) is 18.0 Å². The molecule has 2 rings (SSSR count). The standard InChI is InChI=1S/C12H17NO2S/c1-9(15)10-2-4-13(5-3-10)11-6-12(7-14)16-8-11/h6-10,15H,2-5H2,1H3. The van der Waals surface area contributed by atoms with Gasteiger partial charge in [-0.1, -0.05) is 0 Å². The Morgan fingerprint density at radius 1 is 1.56 bits per heavy atom. The third kappa shape index (κ3) is 2.44. The minimum atomic E-state index is -0.199. The molecule has 1 aromatic heterocycles. The van der Waals surface area contributed by atoms with E-state index in [-0.39, 0.29) is 6.10 Å². The minimum Gasteiger partial charge on any atom is -0.393 e. The summed E-state index contributed by atoms with van der Waals surface area (Å²) in [5, 5.41) is 11.5. The maximum Gasteiger partial charge on any atom is 0.160 e. The number of rotatable bonds is 3. The Kier molecular flexibility index (Phi) is 3.61. The number of piperidine rings is 1. The summed E-state index contributed by atoms with van der Waals surface area (Å²) in [5.74, 6) is 0.431. The van der Waals surface area contributed by atoms with E-state index in [4.69, 9.17) is 0 Å². The second-order valence-corrected chi connectivity index (χ2v) is 5.33. The molecule has 0 spiro atoms. The molecule has 1 aliphatic rings. The molecule has 1 saturated heterocycles. The quantitative estimate of drug-likeness (QED) is 0.822. The normalized spacial score (nSPS) is 19.8. The molecule has 2 heterocycles. The van der Waals surface area contributed by atoms with Crippen LogP contribution in [0, 0.1) is 5.92 Å². The van der Waals surface area contributed by atoms with Crippen LogP contribution in [0.25, 0.3) is 0 Å². The topological polar surface area (TPSA) is 40.5 Å². The molecular formula is C12H17NO2S.